The standard InChI is InChI=1S/C19H23NO2/c1-15(2)17-11-7-8-12-18(17)22-14-19(21)20(3)13-16-9-5-4-6-10-16/h4-12,15H,13-14H2,1-3H3. The Morgan fingerprint density at radius 1 is 1.05 bits per heavy atom. The summed E-state index contributed by atoms with van der Waals surface area (Å²) in [6.45, 7) is 4.89. The van der Waals surface area contributed by atoms with Crippen LogP contribution in [0, 0.1) is 0 Å². The quantitative estimate of drug-likeness (QED) is 0.810. The van der Waals surface area contributed by atoms with Crippen LogP contribution in [-0.2, 0) is 11.3 Å². The Morgan fingerprint density at radius 3 is 2.36 bits per heavy atom. The summed E-state index contributed by atoms with van der Waals surface area (Å²) >= 11 is 0. The zero-order chi connectivity index (χ0) is 15.9. The van der Waals surface area contributed by atoms with Crippen LogP contribution < -0.4 is 4.74 Å². The number of benzene rings is 2. The van der Waals surface area contributed by atoms with E-state index < -0.39 is 0 Å². The van der Waals surface area contributed by atoms with Crippen LogP contribution in [0.25, 0.3) is 0 Å². The van der Waals surface area contributed by atoms with E-state index in [0.717, 1.165) is 16.9 Å². The number of ether oxygens (including phenoxy) is 1. The van der Waals surface area contributed by atoms with E-state index >= 15 is 0 Å². The molecule has 2 aromatic rings. The van der Waals surface area contributed by atoms with Crippen molar-refractivity contribution in [3.63, 3.8) is 0 Å². The molecule has 0 saturated heterocycles. The molecule has 0 spiro atoms. The second-order valence-electron chi connectivity index (χ2n) is 5.72. The highest BCUT2D eigenvalue weighted by Crippen LogP contribution is 2.25. The zero-order valence-corrected chi connectivity index (χ0v) is 13.5. The Balaban J connectivity index is 1.93. The van der Waals surface area contributed by atoms with Crippen molar-refractivity contribution >= 4 is 5.91 Å². The van der Waals surface area contributed by atoms with E-state index in [2.05, 4.69) is 13.8 Å². The number of hydrogen-bond donors (Lipinski definition) is 0. The summed E-state index contributed by atoms with van der Waals surface area (Å²) in [4.78, 5) is 13.9. The van der Waals surface area contributed by atoms with E-state index in [0.29, 0.717) is 12.5 Å². The number of amides is 1. The Kier molecular flexibility index (Phi) is 5.59. The molecule has 0 bridgehead atoms. The predicted molar refractivity (Wildman–Crippen MR) is 88.9 cm³/mol. The number of nitrogens with zero attached hydrogens (tertiary/aromatic N) is 1. The molecule has 0 fully saturated rings. The molecule has 0 atom stereocenters. The average molecular weight is 297 g/mol. The third-order valence-corrected chi connectivity index (χ3v) is 3.58. The highest BCUT2D eigenvalue weighted by atomic mass is 16.5. The maximum atomic E-state index is 12.2. The van der Waals surface area contributed by atoms with Gasteiger partial charge < -0.3 is 9.64 Å². The Hall–Kier alpha value is -2.29. The number of carbonyl (C=O) groups is 1. The van der Waals surface area contributed by atoms with Gasteiger partial charge in [-0.3, -0.25) is 4.79 Å². The Bertz CT molecular complexity index is 608. The fourth-order valence-corrected chi connectivity index (χ4v) is 2.28. The van der Waals surface area contributed by atoms with Gasteiger partial charge in [-0.05, 0) is 23.1 Å². The van der Waals surface area contributed by atoms with Gasteiger partial charge in [0.05, 0.1) is 0 Å². The van der Waals surface area contributed by atoms with Crippen LogP contribution >= 0.6 is 0 Å². The lowest BCUT2D eigenvalue weighted by atomic mass is 10.0. The minimum Gasteiger partial charge on any atom is -0.483 e. The Labute approximate surface area is 132 Å². The average Bonchev–Trinajstić information content (AvgIpc) is 2.53. The van der Waals surface area contributed by atoms with E-state index in [-0.39, 0.29) is 12.5 Å². The smallest absolute Gasteiger partial charge is 0.260 e. The van der Waals surface area contributed by atoms with Gasteiger partial charge in [0.2, 0.25) is 0 Å². The first kappa shape index (κ1) is 16.1. The van der Waals surface area contributed by atoms with E-state index in [1.807, 2.05) is 54.6 Å². The van der Waals surface area contributed by atoms with Crippen LogP contribution in [0.5, 0.6) is 5.75 Å². The van der Waals surface area contributed by atoms with Crippen LogP contribution in [-0.4, -0.2) is 24.5 Å². The maximum Gasteiger partial charge on any atom is 0.260 e. The molecule has 3 heteroatoms. The lowest BCUT2D eigenvalue weighted by molar-refractivity contribution is -0.132. The molecule has 0 saturated carbocycles. The lowest BCUT2D eigenvalue weighted by Gasteiger charge is -2.19. The van der Waals surface area contributed by atoms with E-state index in [1.165, 1.54) is 0 Å². The summed E-state index contributed by atoms with van der Waals surface area (Å²) in [5, 5.41) is 0. The summed E-state index contributed by atoms with van der Waals surface area (Å²) in [5.74, 6) is 1.13. The molecule has 0 aliphatic heterocycles. The van der Waals surface area contributed by atoms with Gasteiger partial charge in [-0.1, -0.05) is 62.4 Å². The van der Waals surface area contributed by atoms with Crippen molar-refractivity contribution in [1.29, 1.82) is 0 Å². The van der Waals surface area contributed by atoms with Gasteiger partial charge in [0.25, 0.3) is 5.91 Å². The van der Waals surface area contributed by atoms with Crippen molar-refractivity contribution in [3.8, 4) is 5.75 Å². The van der Waals surface area contributed by atoms with Crippen molar-refractivity contribution in [1.82, 2.24) is 4.90 Å². The molecule has 0 aliphatic carbocycles. The Morgan fingerprint density at radius 2 is 1.68 bits per heavy atom. The molecule has 2 rings (SSSR count). The number of para-hydroxylation sites is 1. The molecule has 116 valence electrons. The second kappa shape index (κ2) is 7.64. The largest absolute Gasteiger partial charge is 0.483 e. The first-order valence-corrected chi connectivity index (χ1v) is 7.57. The van der Waals surface area contributed by atoms with E-state index in [1.54, 1.807) is 11.9 Å². The van der Waals surface area contributed by atoms with E-state index in [4.69, 9.17) is 4.74 Å². The van der Waals surface area contributed by atoms with Crippen molar-refractivity contribution in [2.45, 2.75) is 26.3 Å². The van der Waals surface area contributed by atoms with Crippen LogP contribution in [0.4, 0.5) is 0 Å². The third kappa shape index (κ3) is 4.35. The SMILES string of the molecule is CC(C)c1ccccc1OCC(=O)N(C)Cc1ccccc1. The lowest BCUT2D eigenvalue weighted by Crippen LogP contribution is -2.31. The molecule has 0 aliphatic rings. The third-order valence-electron chi connectivity index (χ3n) is 3.58. The van der Waals surface area contributed by atoms with Crippen LogP contribution in [0.1, 0.15) is 30.9 Å². The highest BCUT2D eigenvalue weighted by molar-refractivity contribution is 5.77. The van der Waals surface area contributed by atoms with Gasteiger partial charge in [-0.2, -0.15) is 0 Å². The molecule has 2 aromatic carbocycles. The monoisotopic (exact) mass is 297 g/mol. The van der Waals surface area contributed by atoms with Gasteiger partial charge in [-0.15, -0.1) is 0 Å². The van der Waals surface area contributed by atoms with E-state index in [9.17, 15) is 4.79 Å². The van der Waals surface area contributed by atoms with Gasteiger partial charge in [0, 0.05) is 13.6 Å². The molecular formula is C19H23NO2. The van der Waals surface area contributed by atoms with Crippen molar-refractivity contribution in [3.05, 3.63) is 65.7 Å². The summed E-state index contributed by atoms with van der Waals surface area (Å²) in [5.41, 5.74) is 2.24. The van der Waals surface area contributed by atoms with Crippen LogP contribution in [0.15, 0.2) is 54.6 Å². The number of carbonyl (C=O) groups excluding carboxylic acids is 1. The molecule has 0 radical (unpaired) electrons. The molecule has 0 N–H and O–H groups in total. The van der Waals surface area contributed by atoms with Gasteiger partial charge in [0.15, 0.2) is 6.61 Å². The first-order chi connectivity index (χ1) is 10.6. The molecule has 0 heterocycles. The molecule has 22 heavy (non-hydrogen) atoms. The zero-order valence-electron chi connectivity index (χ0n) is 13.5. The molecule has 3 nitrogen and oxygen atoms in total. The minimum atomic E-state index is -0.0255. The van der Waals surface area contributed by atoms with Crippen molar-refractivity contribution in [2.75, 3.05) is 13.7 Å². The number of likely N-dealkylation sites (N-methyl/N-ethyl adjacent to an activating group) is 1. The summed E-state index contributed by atoms with van der Waals surface area (Å²) in [6.07, 6.45) is 0. The minimum absolute atomic E-state index is 0.0255. The van der Waals surface area contributed by atoms with Crippen LogP contribution in [0.2, 0.25) is 0 Å². The second-order valence-corrected chi connectivity index (χ2v) is 5.72. The highest BCUT2D eigenvalue weighted by Gasteiger charge is 2.12. The van der Waals surface area contributed by atoms with Crippen molar-refractivity contribution in [2.24, 2.45) is 0 Å². The molecule has 0 aromatic heterocycles. The molecule has 1 amide bonds. The summed E-state index contributed by atoms with van der Waals surface area (Å²) in [7, 11) is 1.80. The number of rotatable bonds is 6. The van der Waals surface area contributed by atoms with Gasteiger partial charge >= 0.3 is 0 Å². The fourth-order valence-electron chi connectivity index (χ4n) is 2.28. The van der Waals surface area contributed by atoms with Crippen molar-refractivity contribution < 1.29 is 9.53 Å². The topological polar surface area (TPSA) is 29.5 Å². The maximum absolute atomic E-state index is 12.2. The predicted octanol–water partition coefficient (Wildman–Crippen LogP) is 3.85. The molecular weight excluding hydrogens is 274 g/mol. The summed E-state index contributed by atoms with van der Waals surface area (Å²) in [6, 6.07) is 17.8. The molecule has 0 unspecified atom stereocenters. The summed E-state index contributed by atoms with van der Waals surface area (Å²) < 4.78 is 5.73. The normalized spacial score (nSPS) is 10.5. The van der Waals surface area contributed by atoms with Crippen LogP contribution in [0.3, 0.4) is 0 Å². The number of hydrogen-bond acceptors (Lipinski definition) is 2. The first-order valence-electron chi connectivity index (χ1n) is 7.57. The van der Waals surface area contributed by atoms with Gasteiger partial charge in [-0.25, -0.2) is 0 Å². The van der Waals surface area contributed by atoms with Gasteiger partial charge in [0.1, 0.15) is 5.75 Å². The fraction of sp³-hybridized carbons (Fsp3) is 0.316.